The van der Waals surface area contributed by atoms with Gasteiger partial charge in [-0.2, -0.15) is 0 Å². The van der Waals surface area contributed by atoms with Crippen LogP contribution < -0.4 is 0 Å². The molecule has 5 heteroatoms. The summed E-state index contributed by atoms with van der Waals surface area (Å²) in [6, 6.07) is 0.498. The Labute approximate surface area is 120 Å². The van der Waals surface area contributed by atoms with Crippen LogP contribution in [0.25, 0.3) is 0 Å². The van der Waals surface area contributed by atoms with E-state index in [1.54, 1.807) is 0 Å². The van der Waals surface area contributed by atoms with Crippen molar-refractivity contribution in [2.75, 3.05) is 33.7 Å². The summed E-state index contributed by atoms with van der Waals surface area (Å²) in [5.41, 5.74) is 2.03. The van der Waals surface area contributed by atoms with Crippen molar-refractivity contribution in [3.05, 3.63) is 23.3 Å². The molecular weight excluding hydrogens is 260 g/mol. The van der Waals surface area contributed by atoms with Crippen LogP contribution in [0, 0.1) is 6.92 Å². The lowest BCUT2D eigenvalue weighted by molar-refractivity contribution is 0.113. The highest BCUT2D eigenvalue weighted by Crippen LogP contribution is 2.21. The van der Waals surface area contributed by atoms with E-state index in [0.717, 1.165) is 43.1 Å². The number of aryl methyl sites for hydroxylation is 1. The zero-order valence-corrected chi connectivity index (χ0v) is 13.0. The van der Waals surface area contributed by atoms with Gasteiger partial charge in [0.05, 0.1) is 5.38 Å². The zero-order valence-electron chi connectivity index (χ0n) is 12.2. The first-order valence-electron chi connectivity index (χ1n) is 6.82. The minimum absolute atomic E-state index is 0.0301. The molecule has 1 aromatic heterocycles. The number of piperazine rings is 1. The van der Waals surface area contributed by atoms with Crippen LogP contribution in [0.3, 0.4) is 0 Å². The molecule has 0 spiro atoms. The molecule has 0 radical (unpaired) electrons. The molecule has 106 valence electrons. The molecule has 0 aliphatic carbocycles. The van der Waals surface area contributed by atoms with E-state index in [1.165, 1.54) is 0 Å². The van der Waals surface area contributed by atoms with Crippen LogP contribution in [0.15, 0.2) is 6.20 Å². The standard InChI is InChI=1S/C14H23ClN4/c1-10(15)13-8-16-14(17-11(13)2)7-12-9-18(3)5-6-19(12)4/h8,10,12H,5-7,9H2,1-4H3. The van der Waals surface area contributed by atoms with Gasteiger partial charge in [0.15, 0.2) is 0 Å². The molecule has 4 nitrogen and oxygen atoms in total. The monoisotopic (exact) mass is 282 g/mol. The smallest absolute Gasteiger partial charge is 0.130 e. The third-order valence-corrected chi connectivity index (χ3v) is 4.13. The Bertz CT molecular complexity index is 435. The highest BCUT2D eigenvalue weighted by Gasteiger charge is 2.23. The van der Waals surface area contributed by atoms with E-state index in [9.17, 15) is 0 Å². The third-order valence-electron chi connectivity index (χ3n) is 3.89. The number of hydrogen-bond donors (Lipinski definition) is 0. The van der Waals surface area contributed by atoms with E-state index in [-0.39, 0.29) is 5.38 Å². The molecule has 0 aromatic carbocycles. The molecule has 2 rings (SSSR count). The summed E-state index contributed by atoms with van der Waals surface area (Å²) < 4.78 is 0. The topological polar surface area (TPSA) is 32.3 Å². The first kappa shape index (κ1) is 14.7. The fourth-order valence-corrected chi connectivity index (χ4v) is 2.76. The lowest BCUT2D eigenvalue weighted by atomic mass is 10.1. The zero-order chi connectivity index (χ0) is 14.0. The number of halogens is 1. The average Bonchev–Trinajstić information content (AvgIpc) is 2.33. The van der Waals surface area contributed by atoms with Gasteiger partial charge < -0.3 is 9.80 Å². The molecule has 19 heavy (non-hydrogen) atoms. The fourth-order valence-electron chi connectivity index (χ4n) is 2.55. The number of hydrogen-bond acceptors (Lipinski definition) is 4. The largest absolute Gasteiger partial charge is 0.304 e. The molecule has 1 aliphatic rings. The van der Waals surface area contributed by atoms with Crippen molar-refractivity contribution in [3.8, 4) is 0 Å². The van der Waals surface area contributed by atoms with Crippen LogP contribution in [-0.4, -0.2) is 59.5 Å². The first-order valence-corrected chi connectivity index (χ1v) is 7.26. The van der Waals surface area contributed by atoms with Gasteiger partial charge in [0.1, 0.15) is 5.82 Å². The molecule has 2 heterocycles. The quantitative estimate of drug-likeness (QED) is 0.793. The van der Waals surface area contributed by atoms with E-state index < -0.39 is 0 Å². The maximum absolute atomic E-state index is 6.10. The Morgan fingerprint density at radius 1 is 1.42 bits per heavy atom. The number of nitrogens with zero attached hydrogens (tertiary/aromatic N) is 4. The van der Waals surface area contributed by atoms with E-state index in [1.807, 2.05) is 20.0 Å². The highest BCUT2D eigenvalue weighted by molar-refractivity contribution is 6.20. The molecule has 0 bridgehead atoms. The molecular formula is C14H23ClN4. The van der Waals surface area contributed by atoms with Gasteiger partial charge in [0.2, 0.25) is 0 Å². The lowest BCUT2D eigenvalue weighted by Crippen LogP contribution is -2.51. The second-order valence-electron chi connectivity index (χ2n) is 5.54. The fraction of sp³-hybridized carbons (Fsp3) is 0.714. The summed E-state index contributed by atoms with van der Waals surface area (Å²) in [5.74, 6) is 0.922. The molecule has 2 unspecified atom stereocenters. The van der Waals surface area contributed by atoms with Gasteiger partial charge in [0, 0.05) is 49.6 Å². The van der Waals surface area contributed by atoms with Gasteiger partial charge in [-0.15, -0.1) is 11.6 Å². The van der Waals surface area contributed by atoms with Crippen molar-refractivity contribution >= 4 is 11.6 Å². The van der Waals surface area contributed by atoms with Gasteiger partial charge in [-0.05, 0) is 27.9 Å². The van der Waals surface area contributed by atoms with Crippen LogP contribution >= 0.6 is 11.6 Å². The van der Waals surface area contributed by atoms with E-state index >= 15 is 0 Å². The Balaban J connectivity index is 2.08. The molecule has 0 amide bonds. The van der Waals surface area contributed by atoms with E-state index in [0.29, 0.717) is 6.04 Å². The Hall–Kier alpha value is -0.710. The van der Waals surface area contributed by atoms with Gasteiger partial charge in [0.25, 0.3) is 0 Å². The van der Waals surface area contributed by atoms with Crippen LogP contribution in [0.2, 0.25) is 0 Å². The summed E-state index contributed by atoms with van der Waals surface area (Å²) in [6.45, 7) is 7.28. The van der Waals surface area contributed by atoms with Gasteiger partial charge >= 0.3 is 0 Å². The van der Waals surface area contributed by atoms with Crippen LogP contribution in [-0.2, 0) is 6.42 Å². The minimum Gasteiger partial charge on any atom is -0.304 e. The van der Waals surface area contributed by atoms with Crippen molar-refractivity contribution in [3.63, 3.8) is 0 Å². The summed E-state index contributed by atoms with van der Waals surface area (Å²) in [5, 5.41) is -0.0301. The molecule has 1 aliphatic heterocycles. The van der Waals surface area contributed by atoms with Crippen molar-refractivity contribution in [2.24, 2.45) is 0 Å². The van der Waals surface area contributed by atoms with Crippen molar-refractivity contribution in [1.82, 2.24) is 19.8 Å². The second-order valence-corrected chi connectivity index (χ2v) is 6.20. The Kier molecular flexibility index (Phi) is 4.76. The molecule has 1 aromatic rings. The van der Waals surface area contributed by atoms with Crippen LogP contribution in [0.1, 0.15) is 29.4 Å². The molecule has 1 saturated heterocycles. The molecule has 0 N–H and O–H groups in total. The average molecular weight is 283 g/mol. The first-order chi connectivity index (χ1) is 8.97. The maximum Gasteiger partial charge on any atom is 0.130 e. The normalized spacial score (nSPS) is 23.5. The van der Waals surface area contributed by atoms with Gasteiger partial charge in [-0.25, -0.2) is 9.97 Å². The summed E-state index contributed by atoms with van der Waals surface area (Å²) in [7, 11) is 4.35. The highest BCUT2D eigenvalue weighted by atomic mass is 35.5. The van der Waals surface area contributed by atoms with Crippen molar-refractivity contribution in [2.45, 2.75) is 31.7 Å². The third kappa shape index (κ3) is 3.65. The predicted octanol–water partition coefficient (Wildman–Crippen LogP) is 1.87. The Morgan fingerprint density at radius 3 is 2.79 bits per heavy atom. The summed E-state index contributed by atoms with van der Waals surface area (Å²) >= 11 is 6.10. The predicted molar refractivity (Wildman–Crippen MR) is 78.7 cm³/mol. The molecule has 2 atom stereocenters. The SMILES string of the molecule is Cc1nc(CC2CN(C)CCN2C)ncc1C(C)Cl. The number of rotatable bonds is 3. The van der Waals surface area contributed by atoms with Crippen molar-refractivity contribution < 1.29 is 0 Å². The molecule has 0 saturated carbocycles. The number of likely N-dealkylation sites (N-methyl/N-ethyl adjacent to an activating group) is 2. The van der Waals surface area contributed by atoms with E-state index in [2.05, 4.69) is 33.9 Å². The van der Waals surface area contributed by atoms with Gasteiger partial charge in [-0.1, -0.05) is 0 Å². The maximum atomic E-state index is 6.10. The van der Waals surface area contributed by atoms with E-state index in [4.69, 9.17) is 11.6 Å². The molecule has 1 fully saturated rings. The Morgan fingerprint density at radius 2 is 2.16 bits per heavy atom. The minimum atomic E-state index is -0.0301. The number of alkyl halides is 1. The summed E-state index contributed by atoms with van der Waals surface area (Å²) in [6.07, 6.45) is 2.78. The lowest BCUT2D eigenvalue weighted by Gasteiger charge is -2.37. The van der Waals surface area contributed by atoms with Crippen molar-refractivity contribution in [1.29, 1.82) is 0 Å². The van der Waals surface area contributed by atoms with Crippen LogP contribution in [0.5, 0.6) is 0 Å². The second kappa shape index (κ2) is 6.16. The van der Waals surface area contributed by atoms with Crippen LogP contribution in [0.4, 0.5) is 0 Å². The van der Waals surface area contributed by atoms with Gasteiger partial charge in [-0.3, -0.25) is 0 Å². The summed E-state index contributed by atoms with van der Waals surface area (Å²) in [4.78, 5) is 13.8. The number of aromatic nitrogens is 2.